The highest BCUT2D eigenvalue weighted by molar-refractivity contribution is 4.79. The van der Waals surface area contributed by atoms with Gasteiger partial charge in [0.1, 0.15) is 0 Å². The Hall–Kier alpha value is -0.120. The Kier molecular flexibility index (Phi) is 7.09. The molecule has 1 heterocycles. The minimum Gasteiger partial charge on any atom is -0.314 e. The summed E-state index contributed by atoms with van der Waals surface area (Å²) in [5.41, 5.74) is 0. The van der Waals surface area contributed by atoms with Crippen LogP contribution in [0.4, 0.5) is 0 Å². The number of nitrogens with one attached hydrogen (secondary N) is 1. The van der Waals surface area contributed by atoms with Gasteiger partial charge in [0, 0.05) is 6.04 Å². The van der Waals surface area contributed by atoms with E-state index >= 15 is 0 Å². The first-order chi connectivity index (χ1) is 8.13. The van der Waals surface area contributed by atoms with Gasteiger partial charge in [-0.2, -0.15) is 0 Å². The lowest BCUT2D eigenvalue weighted by molar-refractivity contribution is 0.158. The quantitative estimate of drug-likeness (QED) is 0.731. The third-order valence-corrected chi connectivity index (χ3v) is 3.95. The summed E-state index contributed by atoms with van der Waals surface area (Å²) >= 11 is 0. The van der Waals surface area contributed by atoms with E-state index in [9.17, 15) is 0 Å². The summed E-state index contributed by atoms with van der Waals surface area (Å²) in [5.74, 6) is 0.889. The molecule has 1 atom stereocenters. The third-order valence-electron chi connectivity index (χ3n) is 3.95. The molecule has 17 heavy (non-hydrogen) atoms. The van der Waals surface area contributed by atoms with Gasteiger partial charge in [0.05, 0.1) is 0 Å². The van der Waals surface area contributed by atoms with E-state index < -0.39 is 0 Å². The van der Waals surface area contributed by atoms with Crippen molar-refractivity contribution in [2.75, 3.05) is 46.8 Å². The average molecular weight is 241 g/mol. The van der Waals surface area contributed by atoms with E-state index in [1.165, 1.54) is 45.4 Å². The van der Waals surface area contributed by atoms with E-state index in [4.69, 9.17) is 0 Å². The number of likely N-dealkylation sites (tertiary alicyclic amines) is 1. The van der Waals surface area contributed by atoms with Crippen molar-refractivity contribution in [3.8, 4) is 0 Å². The first-order valence-corrected chi connectivity index (χ1v) is 7.24. The van der Waals surface area contributed by atoms with E-state index in [1.807, 2.05) is 0 Å². The first-order valence-electron chi connectivity index (χ1n) is 7.24. The maximum Gasteiger partial charge on any atom is 0.00678 e. The monoisotopic (exact) mass is 241 g/mol. The van der Waals surface area contributed by atoms with E-state index in [-0.39, 0.29) is 0 Å². The molecule has 0 aromatic heterocycles. The van der Waals surface area contributed by atoms with Gasteiger partial charge in [-0.1, -0.05) is 6.92 Å². The molecule has 0 aromatic rings. The number of hydrogen-bond acceptors (Lipinski definition) is 3. The number of rotatable bonds is 7. The van der Waals surface area contributed by atoms with Crippen LogP contribution in [0.15, 0.2) is 0 Å². The predicted octanol–water partition coefficient (Wildman–Crippen LogP) is 1.65. The van der Waals surface area contributed by atoms with Crippen molar-refractivity contribution in [3.05, 3.63) is 0 Å². The summed E-state index contributed by atoms with van der Waals surface area (Å²) in [6, 6.07) is 0.698. The molecule has 1 aliphatic heterocycles. The van der Waals surface area contributed by atoms with Crippen molar-refractivity contribution in [2.45, 2.75) is 39.2 Å². The predicted molar refractivity (Wildman–Crippen MR) is 75.5 cm³/mol. The zero-order chi connectivity index (χ0) is 12.7. The summed E-state index contributed by atoms with van der Waals surface area (Å²) in [6.07, 6.45) is 4.05. The highest BCUT2D eigenvalue weighted by atomic mass is 15.1. The van der Waals surface area contributed by atoms with Gasteiger partial charge in [-0.05, 0) is 78.9 Å². The van der Waals surface area contributed by atoms with Gasteiger partial charge in [0.15, 0.2) is 0 Å². The van der Waals surface area contributed by atoms with Crippen LogP contribution in [0.3, 0.4) is 0 Å². The second-order valence-corrected chi connectivity index (χ2v) is 5.68. The van der Waals surface area contributed by atoms with Crippen molar-refractivity contribution in [2.24, 2.45) is 5.92 Å². The largest absolute Gasteiger partial charge is 0.314 e. The van der Waals surface area contributed by atoms with Crippen LogP contribution >= 0.6 is 0 Å². The van der Waals surface area contributed by atoms with Crippen molar-refractivity contribution in [3.63, 3.8) is 0 Å². The lowest BCUT2D eigenvalue weighted by Crippen LogP contribution is -2.42. The Labute approximate surface area is 108 Å². The molecule has 0 bridgehead atoms. The van der Waals surface area contributed by atoms with Crippen molar-refractivity contribution < 1.29 is 0 Å². The molecule has 0 saturated carbocycles. The number of piperidine rings is 1. The van der Waals surface area contributed by atoms with Gasteiger partial charge >= 0.3 is 0 Å². The highest BCUT2D eigenvalue weighted by Gasteiger charge is 2.22. The van der Waals surface area contributed by atoms with Gasteiger partial charge in [-0.25, -0.2) is 0 Å². The van der Waals surface area contributed by atoms with E-state index in [2.05, 4.69) is 43.1 Å². The van der Waals surface area contributed by atoms with E-state index in [0.717, 1.165) is 12.5 Å². The first kappa shape index (κ1) is 14.9. The molecule has 3 heteroatoms. The molecule has 0 spiro atoms. The van der Waals surface area contributed by atoms with Crippen LogP contribution in [-0.4, -0.2) is 62.7 Å². The van der Waals surface area contributed by atoms with Crippen molar-refractivity contribution in [1.29, 1.82) is 0 Å². The molecule has 1 unspecified atom stereocenters. The molecule has 3 nitrogen and oxygen atoms in total. The van der Waals surface area contributed by atoms with Crippen LogP contribution in [0.5, 0.6) is 0 Å². The molecule has 102 valence electrons. The zero-order valence-corrected chi connectivity index (χ0v) is 12.2. The highest BCUT2D eigenvalue weighted by Crippen LogP contribution is 2.20. The Morgan fingerprint density at radius 3 is 2.47 bits per heavy atom. The molecule has 1 saturated heterocycles. The maximum atomic E-state index is 3.56. The van der Waals surface area contributed by atoms with Crippen LogP contribution < -0.4 is 5.32 Å². The summed E-state index contributed by atoms with van der Waals surface area (Å²) in [4.78, 5) is 4.92. The smallest absolute Gasteiger partial charge is 0.00678 e. The fraction of sp³-hybridized carbons (Fsp3) is 1.00. The van der Waals surface area contributed by atoms with E-state index in [1.54, 1.807) is 0 Å². The van der Waals surface area contributed by atoms with Gasteiger partial charge in [-0.15, -0.1) is 0 Å². The molecule has 0 radical (unpaired) electrons. The molecule has 1 rings (SSSR count). The lowest BCUT2D eigenvalue weighted by Gasteiger charge is -2.35. The molecule has 0 amide bonds. The van der Waals surface area contributed by atoms with Crippen molar-refractivity contribution in [1.82, 2.24) is 15.1 Å². The summed E-state index contributed by atoms with van der Waals surface area (Å²) < 4.78 is 0. The minimum absolute atomic E-state index is 0.698. The molecular weight excluding hydrogens is 210 g/mol. The lowest BCUT2D eigenvalue weighted by atomic mass is 9.90. The third kappa shape index (κ3) is 5.84. The second-order valence-electron chi connectivity index (χ2n) is 5.68. The summed E-state index contributed by atoms with van der Waals surface area (Å²) in [5, 5.41) is 3.56. The Bertz CT molecular complexity index is 186. The standard InChI is InChI=1S/C14H31N3/c1-5-15-13(2)14-7-11-17(12-8-14)10-6-9-16(3)4/h13-15H,5-12H2,1-4H3. The van der Waals surface area contributed by atoms with Crippen LogP contribution in [0.25, 0.3) is 0 Å². The van der Waals surface area contributed by atoms with Crippen molar-refractivity contribution >= 4 is 0 Å². The Morgan fingerprint density at radius 2 is 1.94 bits per heavy atom. The average Bonchev–Trinajstić information content (AvgIpc) is 2.30. The maximum absolute atomic E-state index is 3.56. The zero-order valence-electron chi connectivity index (χ0n) is 12.2. The molecule has 0 aromatic carbocycles. The second kappa shape index (κ2) is 8.06. The van der Waals surface area contributed by atoms with Gasteiger partial charge in [-0.3, -0.25) is 0 Å². The fourth-order valence-corrected chi connectivity index (χ4v) is 2.78. The topological polar surface area (TPSA) is 18.5 Å². The Morgan fingerprint density at radius 1 is 1.29 bits per heavy atom. The van der Waals surface area contributed by atoms with Crippen LogP contribution in [-0.2, 0) is 0 Å². The number of nitrogens with zero attached hydrogens (tertiary/aromatic N) is 2. The molecule has 1 aliphatic rings. The van der Waals surface area contributed by atoms with Gasteiger partial charge in [0.25, 0.3) is 0 Å². The molecule has 1 N–H and O–H groups in total. The summed E-state index contributed by atoms with van der Waals surface area (Å²) in [6.45, 7) is 10.7. The molecule has 1 fully saturated rings. The molecular formula is C14H31N3. The van der Waals surface area contributed by atoms with E-state index in [0.29, 0.717) is 6.04 Å². The number of hydrogen-bond donors (Lipinski definition) is 1. The van der Waals surface area contributed by atoms with Crippen LogP contribution in [0.2, 0.25) is 0 Å². The van der Waals surface area contributed by atoms with Gasteiger partial charge < -0.3 is 15.1 Å². The van der Waals surface area contributed by atoms with Crippen LogP contribution in [0.1, 0.15) is 33.1 Å². The normalized spacial score (nSPS) is 21.0. The molecule has 0 aliphatic carbocycles. The van der Waals surface area contributed by atoms with Crippen LogP contribution in [0, 0.1) is 5.92 Å². The minimum atomic E-state index is 0.698. The SMILES string of the molecule is CCNC(C)C1CCN(CCCN(C)C)CC1. The van der Waals surface area contributed by atoms with Gasteiger partial charge in [0.2, 0.25) is 0 Å². The fourth-order valence-electron chi connectivity index (χ4n) is 2.78. The Balaban J connectivity index is 2.13. The summed E-state index contributed by atoms with van der Waals surface area (Å²) in [7, 11) is 4.31.